The summed E-state index contributed by atoms with van der Waals surface area (Å²) in [6.45, 7) is 8.01. The molecule has 2 aromatic carbocycles. The molecule has 212 valence electrons. The van der Waals surface area contributed by atoms with E-state index in [4.69, 9.17) is 19.3 Å². The van der Waals surface area contributed by atoms with Crippen molar-refractivity contribution in [1.82, 2.24) is 5.32 Å². The molecule has 2 heterocycles. The van der Waals surface area contributed by atoms with Gasteiger partial charge in [0.1, 0.15) is 29.5 Å². The lowest BCUT2D eigenvalue weighted by Gasteiger charge is -2.38. The van der Waals surface area contributed by atoms with Gasteiger partial charge in [-0.25, -0.2) is 0 Å². The number of nitrogens with one attached hydrogen (secondary N) is 1. The van der Waals surface area contributed by atoms with Gasteiger partial charge in [0.25, 0.3) is 11.1 Å². The van der Waals surface area contributed by atoms with E-state index in [2.05, 4.69) is 21.2 Å². The van der Waals surface area contributed by atoms with Crippen LogP contribution < -0.4 is 19.5 Å². The number of carboxylic acids is 1. The summed E-state index contributed by atoms with van der Waals surface area (Å²) < 4.78 is 19.0. The highest BCUT2D eigenvalue weighted by Gasteiger charge is 2.36. The summed E-state index contributed by atoms with van der Waals surface area (Å²) in [5.74, 6) is 0.0947. The molecule has 2 N–H and O–H groups in total. The molecular weight excluding hydrogens is 602 g/mol. The minimum absolute atomic E-state index is 0.0369. The average molecular weight is 633 g/mol. The van der Waals surface area contributed by atoms with Crippen LogP contribution in [-0.4, -0.2) is 40.4 Å². The number of hydrogen-bond donors (Lipinski definition) is 2. The van der Waals surface area contributed by atoms with Crippen LogP contribution in [0.15, 0.2) is 27.6 Å². The second-order valence-electron chi connectivity index (χ2n) is 10.1. The van der Waals surface area contributed by atoms with Crippen LogP contribution in [0.1, 0.15) is 60.4 Å². The van der Waals surface area contributed by atoms with Crippen molar-refractivity contribution in [3.05, 3.63) is 55.4 Å². The van der Waals surface area contributed by atoms with E-state index in [0.29, 0.717) is 33.7 Å². The molecule has 1 saturated heterocycles. The van der Waals surface area contributed by atoms with Crippen molar-refractivity contribution in [2.75, 3.05) is 6.61 Å². The third kappa shape index (κ3) is 6.69. The standard InChI is InChI=1S/C29H30BrNO8S/c1-15-16(2)26-19(17(3)25(15)38-24(34)7-5-6-23(32)33)10-11-29(4,39-26)14-37-21-9-8-18(12-20(21)30)13-22-27(35)31-28(36)40-22/h8-9,12-13H,5-7,10-11,14H2,1-4H3,(H,32,33)(H,31,35,36)/b22-13-. The minimum Gasteiger partial charge on any atom is -0.488 e. The second kappa shape index (κ2) is 12.1. The third-order valence-corrected chi connectivity index (χ3v) is 8.41. The Kier molecular flexibility index (Phi) is 8.94. The number of benzene rings is 2. The van der Waals surface area contributed by atoms with E-state index in [1.807, 2.05) is 39.8 Å². The average Bonchev–Trinajstić information content (AvgIpc) is 3.20. The number of halogens is 1. The third-order valence-electron chi connectivity index (χ3n) is 6.98. The number of aliphatic carboxylic acids is 1. The van der Waals surface area contributed by atoms with Crippen molar-refractivity contribution in [3.8, 4) is 17.2 Å². The lowest BCUT2D eigenvalue weighted by molar-refractivity contribution is -0.137. The lowest BCUT2D eigenvalue weighted by atomic mass is 9.87. The zero-order valence-corrected chi connectivity index (χ0v) is 25.0. The molecule has 4 rings (SSSR count). The van der Waals surface area contributed by atoms with Gasteiger partial charge in [-0.1, -0.05) is 6.07 Å². The maximum absolute atomic E-state index is 12.4. The molecule has 0 aromatic heterocycles. The summed E-state index contributed by atoms with van der Waals surface area (Å²) in [7, 11) is 0. The van der Waals surface area contributed by atoms with Gasteiger partial charge >= 0.3 is 11.9 Å². The van der Waals surface area contributed by atoms with Crippen LogP contribution in [0, 0.1) is 20.8 Å². The van der Waals surface area contributed by atoms with E-state index >= 15 is 0 Å². The molecule has 0 spiro atoms. The van der Waals surface area contributed by atoms with Crippen molar-refractivity contribution in [2.24, 2.45) is 0 Å². The summed E-state index contributed by atoms with van der Waals surface area (Å²) >= 11 is 4.40. The topological polar surface area (TPSA) is 128 Å². The number of fused-ring (bicyclic) bond motifs is 1. The Hall–Kier alpha value is -3.31. The molecule has 40 heavy (non-hydrogen) atoms. The molecule has 2 aromatic rings. The van der Waals surface area contributed by atoms with Crippen LogP contribution in [-0.2, 0) is 20.8 Å². The number of imide groups is 1. The van der Waals surface area contributed by atoms with Crippen LogP contribution in [0.5, 0.6) is 17.2 Å². The number of rotatable bonds is 9. The summed E-state index contributed by atoms with van der Waals surface area (Å²) in [5, 5.41) is 10.7. The molecule has 1 atom stereocenters. The van der Waals surface area contributed by atoms with Gasteiger partial charge in [-0.15, -0.1) is 0 Å². The van der Waals surface area contributed by atoms with Gasteiger partial charge in [0, 0.05) is 18.4 Å². The summed E-state index contributed by atoms with van der Waals surface area (Å²) in [4.78, 5) is 46.7. The van der Waals surface area contributed by atoms with Gasteiger partial charge < -0.3 is 19.3 Å². The summed E-state index contributed by atoms with van der Waals surface area (Å²) in [6.07, 6.45) is 3.22. The van der Waals surface area contributed by atoms with Crippen molar-refractivity contribution in [1.29, 1.82) is 0 Å². The number of hydrogen-bond acceptors (Lipinski definition) is 8. The Morgan fingerprint density at radius 1 is 1.18 bits per heavy atom. The van der Waals surface area contributed by atoms with E-state index in [1.54, 1.807) is 12.1 Å². The van der Waals surface area contributed by atoms with E-state index in [-0.39, 0.29) is 31.1 Å². The van der Waals surface area contributed by atoms with Crippen LogP contribution in [0.25, 0.3) is 6.08 Å². The molecule has 0 radical (unpaired) electrons. The maximum atomic E-state index is 12.4. The molecule has 2 amide bonds. The Bertz CT molecular complexity index is 1440. The first-order chi connectivity index (χ1) is 18.9. The number of carbonyl (C=O) groups excluding carboxylic acids is 3. The van der Waals surface area contributed by atoms with E-state index in [9.17, 15) is 19.2 Å². The first kappa shape index (κ1) is 29.7. The molecule has 11 heteroatoms. The molecule has 0 bridgehead atoms. The van der Waals surface area contributed by atoms with Crippen molar-refractivity contribution < 1.29 is 38.5 Å². The second-order valence-corrected chi connectivity index (χ2v) is 12.0. The molecule has 1 unspecified atom stereocenters. The summed E-state index contributed by atoms with van der Waals surface area (Å²) in [6, 6.07) is 5.43. The minimum atomic E-state index is -0.941. The van der Waals surface area contributed by atoms with Crippen LogP contribution in [0.2, 0.25) is 0 Å². The number of thioether (sulfide) groups is 1. The number of ether oxygens (including phenoxy) is 3. The van der Waals surface area contributed by atoms with Gasteiger partial charge in [0.2, 0.25) is 0 Å². The van der Waals surface area contributed by atoms with Crippen molar-refractivity contribution in [3.63, 3.8) is 0 Å². The number of carbonyl (C=O) groups is 4. The first-order valence-electron chi connectivity index (χ1n) is 12.8. The lowest BCUT2D eigenvalue weighted by Crippen LogP contribution is -2.42. The maximum Gasteiger partial charge on any atom is 0.311 e. The predicted octanol–water partition coefficient (Wildman–Crippen LogP) is 6.02. The fourth-order valence-electron chi connectivity index (χ4n) is 4.61. The Balaban J connectivity index is 1.45. The van der Waals surface area contributed by atoms with Crippen molar-refractivity contribution in [2.45, 2.75) is 65.4 Å². The summed E-state index contributed by atoms with van der Waals surface area (Å²) in [5.41, 5.74) is 3.66. The van der Waals surface area contributed by atoms with Gasteiger partial charge in [-0.05, 0) is 115 Å². The fourth-order valence-corrected chi connectivity index (χ4v) is 5.81. The number of esters is 1. The Labute approximate surface area is 244 Å². The largest absolute Gasteiger partial charge is 0.488 e. The number of amides is 2. The highest BCUT2D eigenvalue weighted by Crippen LogP contribution is 2.44. The van der Waals surface area contributed by atoms with E-state index in [1.165, 1.54) is 0 Å². The van der Waals surface area contributed by atoms with Crippen LogP contribution >= 0.6 is 27.7 Å². The van der Waals surface area contributed by atoms with E-state index in [0.717, 1.165) is 45.3 Å². The zero-order valence-electron chi connectivity index (χ0n) is 22.6. The zero-order chi connectivity index (χ0) is 29.2. The normalized spacial score (nSPS) is 19.2. The molecule has 9 nitrogen and oxygen atoms in total. The molecule has 1 fully saturated rings. The van der Waals surface area contributed by atoms with Crippen LogP contribution in [0.4, 0.5) is 4.79 Å². The quantitative estimate of drug-likeness (QED) is 0.194. The Morgan fingerprint density at radius 2 is 1.93 bits per heavy atom. The first-order valence-corrected chi connectivity index (χ1v) is 14.4. The molecule has 2 aliphatic heterocycles. The molecule has 0 saturated carbocycles. The highest BCUT2D eigenvalue weighted by atomic mass is 79.9. The highest BCUT2D eigenvalue weighted by molar-refractivity contribution is 9.10. The smallest absolute Gasteiger partial charge is 0.311 e. The van der Waals surface area contributed by atoms with Gasteiger partial charge in [0.15, 0.2) is 0 Å². The van der Waals surface area contributed by atoms with E-state index < -0.39 is 23.4 Å². The molecular formula is C29H30BrNO8S. The van der Waals surface area contributed by atoms with Crippen molar-refractivity contribution >= 4 is 56.9 Å². The number of carboxylic acid groups (broad SMARTS) is 1. The Morgan fingerprint density at radius 3 is 2.58 bits per heavy atom. The SMILES string of the molecule is Cc1c(C)c2c(c(C)c1OC(=O)CCCC(=O)O)CCC(C)(COc1ccc(/C=C3\SC(=O)NC3=O)cc1Br)O2. The molecule has 0 aliphatic carbocycles. The predicted molar refractivity (Wildman–Crippen MR) is 154 cm³/mol. The van der Waals surface area contributed by atoms with Gasteiger partial charge in [-0.3, -0.25) is 24.5 Å². The monoisotopic (exact) mass is 631 g/mol. The van der Waals surface area contributed by atoms with Gasteiger partial charge in [-0.2, -0.15) is 0 Å². The van der Waals surface area contributed by atoms with Crippen LogP contribution in [0.3, 0.4) is 0 Å². The fraction of sp³-hybridized carbons (Fsp3) is 0.379. The molecule has 2 aliphatic rings. The van der Waals surface area contributed by atoms with Gasteiger partial charge in [0.05, 0.1) is 9.38 Å².